The first-order chi connectivity index (χ1) is 9.31. The third-order valence-corrected chi connectivity index (χ3v) is 5.74. The molecular formula is C13H21BrN2O3S. The van der Waals surface area contributed by atoms with Gasteiger partial charge >= 0.3 is 0 Å². The number of rotatable bonds is 7. The molecule has 20 heavy (non-hydrogen) atoms. The van der Waals surface area contributed by atoms with Crippen molar-refractivity contribution in [3.8, 4) is 0 Å². The number of sulfonamides is 1. The molecule has 1 atom stereocenters. The molecule has 7 heteroatoms. The fourth-order valence-electron chi connectivity index (χ4n) is 2.00. The Balaban J connectivity index is 2.83. The Bertz CT molecular complexity index is 545. The van der Waals surface area contributed by atoms with Crippen LogP contribution in [0.3, 0.4) is 0 Å². The monoisotopic (exact) mass is 364 g/mol. The first-order valence-electron chi connectivity index (χ1n) is 6.54. The third kappa shape index (κ3) is 4.44. The number of nitrogen functional groups attached to an aromatic ring is 1. The Kier molecular flexibility index (Phi) is 6.44. The van der Waals surface area contributed by atoms with Crippen LogP contribution in [0.2, 0.25) is 0 Å². The largest absolute Gasteiger partial charge is 0.399 e. The van der Waals surface area contributed by atoms with E-state index in [1.54, 1.807) is 12.1 Å². The van der Waals surface area contributed by atoms with Crippen LogP contribution in [0.4, 0.5) is 5.69 Å². The molecule has 1 aromatic carbocycles. The average Bonchev–Trinajstić information content (AvgIpc) is 2.40. The summed E-state index contributed by atoms with van der Waals surface area (Å²) in [6.45, 7) is 3.94. The van der Waals surface area contributed by atoms with E-state index >= 15 is 0 Å². The standard InChI is InChI=1S/C13H21BrN2O3S/c1-3-9(4-2)12(17)8-16-20(18,19)13-7-10(15)5-6-11(13)14/h5-7,9,12,16-17H,3-4,8,15H2,1-2H3. The summed E-state index contributed by atoms with van der Waals surface area (Å²) in [7, 11) is -3.70. The molecule has 0 bridgehead atoms. The molecule has 114 valence electrons. The topological polar surface area (TPSA) is 92.4 Å². The Morgan fingerprint density at radius 2 is 1.95 bits per heavy atom. The number of aliphatic hydroxyl groups excluding tert-OH is 1. The zero-order chi connectivity index (χ0) is 15.3. The molecule has 1 rings (SSSR count). The van der Waals surface area contributed by atoms with Gasteiger partial charge in [-0.2, -0.15) is 0 Å². The molecule has 0 saturated heterocycles. The highest BCUT2D eigenvalue weighted by Gasteiger charge is 2.22. The van der Waals surface area contributed by atoms with Gasteiger partial charge in [0, 0.05) is 16.7 Å². The first-order valence-corrected chi connectivity index (χ1v) is 8.82. The van der Waals surface area contributed by atoms with Crippen LogP contribution in [0.1, 0.15) is 26.7 Å². The maximum Gasteiger partial charge on any atom is 0.241 e. The molecule has 1 aromatic rings. The summed E-state index contributed by atoms with van der Waals surface area (Å²) < 4.78 is 27.3. The number of benzene rings is 1. The number of hydrogen-bond donors (Lipinski definition) is 3. The molecule has 1 unspecified atom stereocenters. The normalized spacial score (nSPS) is 13.7. The second-order valence-corrected chi connectivity index (χ2v) is 7.28. The van der Waals surface area contributed by atoms with E-state index in [0.717, 1.165) is 12.8 Å². The van der Waals surface area contributed by atoms with Crippen molar-refractivity contribution < 1.29 is 13.5 Å². The van der Waals surface area contributed by atoms with Crippen molar-refractivity contribution in [2.24, 2.45) is 5.92 Å². The Hall–Kier alpha value is -0.630. The number of halogens is 1. The number of nitrogens with two attached hydrogens (primary N) is 1. The summed E-state index contributed by atoms with van der Waals surface area (Å²) in [4.78, 5) is 0.0780. The molecule has 0 fully saturated rings. The van der Waals surface area contributed by atoms with Gasteiger partial charge in [0.2, 0.25) is 10.0 Å². The molecule has 0 spiro atoms. The lowest BCUT2D eigenvalue weighted by molar-refractivity contribution is 0.107. The Morgan fingerprint density at radius 3 is 2.50 bits per heavy atom. The molecule has 0 heterocycles. The van der Waals surface area contributed by atoms with E-state index in [9.17, 15) is 13.5 Å². The van der Waals surface area contributed by atoms with Crippen molar-refractivity contribution >= 4 is 31.6 Å². The van der Waals surface area contributed by atoms with Gasteiger partial charge in [-0.05, 0) is 40.0 Å². The number of hydrogen-bond acceptors (Lipinski definition) is 4. The van der Waals surface area contributed by atoms with Crippen molar-refractivity contribution in [2.45, 2.75) is 37.7 Å². The quantitative estimate of drug-likeness (QED) is 0.646. The predicted molar refractivity (Wildman–Crippen MR) is 83.8 cm³/mol. The summed E-state index contributed by atoms with van der Waals surface area (Å²) in [6, 6.07) is 4.58. The van der Waals surface area contributed by atoms with Crippen molar-refractivity contribution in [3.05, 3.63) is 22.7 Å². The first kappa shape index (κ1) is 17.4. The Labute approximate surface area is 128 Å². The summed E-state index contributed by atoms with van der Waals surface area (Å²) in [5, 5.41) is 9.98. The van der Waals surface area contributed by atoms with Crippen LogP contribution in [-0.2, 0) is 10.0 Å². The van der Waals surface area contributed by atoms with Crippen LogP contribution in [0.5, 0.6) is 0 Å². The van der Waals surface area contributed by atoms with Crippen LogP contribution in [0, 0.1) is 5.92 Å². The van der Waals surface area contributed by atoms with E-state index in [1.165, 1.54) is 6.07 Å². The van der Waals surface area contributed by atoms with Crippen LogP contribution in [0.15, 0.2) is 27.6 Å². The minimum absolute atomic E-state index is 0.00405. The minimum Gasteiger partial charge on any atom is -0.399 e. The minimum atomic E-state index is -3.70. The van der Waals surface area contributed by atoms with Crippen molar-refractivity contribution in [1.82, 2.24) is 4.72 Å². The van der Waals surface area contributed by atoms with E-state index in [2.05, 4.69) is 20.7 Å². The molecule has 0 amide bonds. The molecule has 0 aliphatic rings. The number of anilines is 1. The van der Waals surface area contributed by atoms with Crippen LogP contribution >= 0.6 is 15.9 Å². The third-order valence-electron chi connectivity index (χ3n) is 3.32. The smallest absolute Gasteiger partial charge is 0.241 e. The highest BCUT2D eigenvalue weighted by Crippen LogP contribution is 2.24. The van der Waals surface area contributed by atoms with Crippen LogP contribution in [0.25, 0.3) is 0 Å². The fourth-order valence-corrected chi connectivity index (χ4v) is 4.05. The lowest BCUT2D eigenvalue weighted by Gasteiger charge is -2.20. The van der Waals surface area contributed by atoms with Gasteiger partial charge < -0.3 is 10.8 Å². The summed E-state index contributed by atoms with van der Waals surface area (Å²) in [5.74, 6) is 0.0852. The van der Waals surface area contributed by atoms with E-state index < -0.39 is 16.1 Å². The summed E-state index contributed by atoms with van der Waals surface area (Å²) in [5.41, 5.74) is 5.98. The van der Waals surface area contributed by atoms with Gasteiger partial charge in [0.05, 0.1) is 11.0 Å². The van der Waals surface area contributed by atoms with Crippen molar-refractivity contribution in [1.29, 1.82) is 0 Å². The maximum atomic E-state index is 12.2. The average molecular weight is 365 g/mol. The van der Waals surface area contributed by atoms with E-state index in [1.807, 2.05) is 13.8 Å². The summed E-state index contributed by atoms with van der Waals surface area (Å²) >= 11 is 3.19. The molecule has 0 aliphatic carbocycles. The van der Waals surface area contributed by atoms with Crippen molar-refractivity contribution in [2.75, 3.05) is 12.3 Å². The van der Waals surface area contributed by atoms with E-state index in [-0.39, 0.29) is 17.4 Å². The Morgan fingerprint density at radius 1 is 1.35 bits per heavy atom. The highest BCUT2D eigenvalue weighted by atomic mass is 79.9. The van der Waals surface area contributed by atoms with Gasteiger partial charge in [-0.25, -0.2) is 13.1 Å². The van der Waals surface area contributed by atoms with Crippen LogP contribution in [-0.4, -0.2) is 26.2 Å². The van der Waals surface area contributed by atoms with E-state index in [4.69, 9.17) is 5.73 Å². The molecule has 5 nitrogen and oxygen atoms in total. The predicted octanol–water partition coefficient (Wildman–Crippen LogP) is 2.11. The second kappa shape index (κ2) is 7.40. The van der Waals surface area contributed by atoms with Gasteiger partial charge in [0.1, 0.15) is 0 Å². The van der Waals surface area contributed by atoms with Crippen LogP contribution < -0.4 is 10.5 Å². The zero-order valence-electron chi connectivity index (χ0n) is 11.6. The highest BCUT2D eigenvalue weighted by molar-refractivity contribution is 9.10. The maximum absolute atomic E-state index is 12.2. The molecule has 0 radical (unpaired) electrons. The van der Waals surface area contributed by atoms with Gasteiger partial charge in [-0.3, -0.25) is 0 Å². The summed E-state index contributed by atoms with van der Waals surface area (Å²) in [6.07, 6.45) is 0.919. The van der Waals surface area contributed by atoms with Gasteiger partial charge in [-0.1, -0.05) is 26.7 Å². The molecule has 0 aliphatic heterocycles. The lowest BCUT2D eigenvalue weighted by Crippen LogP contribution is -2.36. The van der Waals surface area contributed by atoms with E-state index in [0.29, 0.717) is 10.2 Å². The molecule has 4 N–H and O–H groups in total. The zero-order valence-corrected chi connectivity index (χ0v) is 14.0. The molecule has 0 saturated carbocycles. The number of aliphatic hydroxyl groups is 1. The number of nitrogens with one attached hydrogen (secondary N) is 1. The fraction of sp³-hybridized carbons (Fsp3) is 0.538. The second-order valence-electron chi connectivity index (χ2n) is 4.69. The van der Waals surface area contributed by atoms with Gasteiger partial charge in [-0.15, -0.1) is 0 Å². The van der Waals surface area contributed by atoms with Gasteiger partial charge in [0.25, 0.3) is 0 Å². The molecule has 0 aromatic heterocycles. The van der Waals surface area contributed by atoms with Crippen molar-refractivity contribution in [3.63, 3.8) is 0 Å². The SMILES string of the molecule is CCC(CC)C(O)CNS(=O)(=O)c1cc(N)ccc1Br. The molecular weight excluding hydrogens is 344 g/mol. The lowest BCUT2D eigenvalue weighted by atomic mass is 9.97. The van der Waals surface area contributed by atoms with Gasteiger partial charge in [0.15, 0.2) is 0 Å².